The highest BCUT2D eigenvalue weighted by molar-refractivity contribution is 5.62. The van der Waals surface area contributed by atoms with Gasteiger partial charge >= 0.3 is 0 Å². The molecule has 1 nitrogen and oxygen atoms in total. The molecule has 0 N–H and O–H groups in total. The van der Waals surface area contributed by atoms with E-state index in [1.54, 1.807) is 5.56 Å². The van der Waals surface area contributed by atoms with Gasteiger partial charge in [-0.05, 0) is 42.5 Å². The molecule has 2 heterocycles. The number of hydrogen-bond donors (Lipinski definition) is 0. The standard InChI is InChI=1S/C17H17N/c1-12-6-7-17-15(8-12)10-16-9-13-4-2-3-5-14(13)11-18(16)17/h2-8,16H,9-11H2,1H3. The second-order valence-electron chi connectivity index (χ2n) is 5.59. The van der Waals surface area contributed by atoms with Crippen LogP contribution in [-0.4, -0.2) is 6.04 Å². The Kier molecular flexibility index (Phi) is 2.05. The van der Waals surface area contributed by atoms with Crippen molar-refractivity contribution in [2.75, 3.05) is 4.90 Å². The van der Waals surface area contributed by atoms with Crippen LogP contribution in [0.25, 0.3) is 0 Å². The number of nitrogens with zero attached hydrogens (tertiary/aromatic N) is 1. The third-order valence-corrected chi connectivity index (χ3v) is 4.36. The highest BCUT2D eigenvalue weighted by atomic mass is 15.2. The molecule has 4 rings (SSSR count). The Labute approximate surface area is 108 Å². The molecule has 0 amide bonds. The average molecular weight is 235 g/mol. The first-order valence-corrected chi connectivity index (χ1v) is 6.74. The third-order valence-electron chi connectivity index (χ3n) is 4.36. The van der Waals surface area contributed by atoms with Gasteiger partial charge in [-0.3, -0.25) is 0 Å². The maximum absolute atomic E-state index is 2.59. The summed E-state index contributed by atoms with van der Waals surface area (Å²) in [4.78, 5) is 2.59. The van der Waals surface area contributed by atoms with Gasteiger partial charge in [0.2, 0.25) is 0 Å². The summed E-state index contributed by atoms with van der Waals surface area (Å²) in [5.41, 5.74) is 7.42. The maximum Gasteiger partial charge on any atom is 0.0435 e. The summed E-state index contributed by atoms with van der Waals surface area (Å²) in [5, 5.41) is 0. The molecule has 0 aromatic heterocycles. The van der Waals surface area contributed by atoms with Crippen LogP contribution in [0.1, 0.15) is 22.3 Å². The normalized spacial score (nSPS) is 20.3. The molecule has 0 aliphatic carbocycles. The fourth-order valence-electron chi connectivity index (χ4n) is 3.46. The first-order chi connectivity index (χ1) is 8.81. The van der Waals surface area contributed by atoms with E-state index in [0.717, 1.165) is 6.54 Å². The first-order valence-electron chi connectivity index (χ1n) is 6.74. The lowest BCUT2D eigenvalue weighted by Gasteiger charge is -2.33. The van der Waals surface area contributed by atoms with Crippen LogP contribution >= 0.6 is 0 Å². The lowest BCUT2D eigenvalue weighted by atomic mass is 9.94. The predicted molar refractivity (Wildman–Crippen MR) is 75.0 cm³/mol. The average Bonchev–Trinajstić information content (AvgIpc) is 2.72. The molecule has 2 aromatic carbocycles. The van der Waals surface area contributed by atoms with Crippen LogP contribution in [0.2, 0.25) is 0 Å². The van der Waals surface area contributed by atoms with E-state index in [9.17, 15) is 0 Å². The zero-order chi connectivity index (χ0) is 12.1. The second-order valence-corrected chi connectivity index (χ2v) is 5.59. The van der Waals surface area contributed by atoms with Crippen LogP contribution in [0.3, 0.4) is 0 Å². The lowest BCUT2D eigenvalue weighted by molar-refractivity contribution is 0.584. The molecule has 18 heavy (non-hydrogen) atoms. The van der Waals surface area contributed by atoms with Gasteiger partial charge in [-0.15, -0.1) is 0 Å². The van der Waals surface area contributed by atoms with Crippen molar-refractivity contribution >= 4 is 5.69 Å². The van der Waals surface area contributed by atoms with Crippen molar-refractivity contribution in [3.63, 3.8) is 0 Å². The molecule has 0 bridgehead atoms. The van der Waals surface area contributed by atoms with E-state index in [1.807, 2.05) is 0 Å². The zero-order valence-electron chi connectivity index (χ0n) is 10.7. The fourth-order valence-corrected chi connectivity index (χ4v) is 3.46. The smallest absolute Gasteiger partial charge is 0.0435 e. The Hall–Kier alpha value is -1.76. The molecule has 2 aliphatic rings. The van der Waals surface area contributed by atoms with Gasteiger partial charge in [0.15, 0.2) is 0 Å². The molecular formula is C17H17N. The monoisotopic (exact) mass is 235 g/mol. The summed E-state index contributed by atoms with van der Waals surface area (Å²) < 4.78 is 0. The molecule has 2 aromatic rings. The van der Waals surface area contributed by atoms with Crippen LogP contribution in [0, 0.1) is 6.92 Å². The Morgan fingerprint density at radius 2 is 1.72 bits per heavy atom. The summed E-state index contributed by atoms with van der Waals surface area (Å²) in [6.45, 7) is 3.27. The molecule has 1 unspecified atom stereocenters. The van der Waals surface area contributed by atoms with Crippen LogP contribution < -0.4 is 4.90 Å². The Morgan fingerprint density at radius 3 is 2.61 bits per heavy atom. The van der Waals surface area contributed by atoms with Gasteiger partial charge in [-0.25, -0.2) is 0 Å². The minimum Gasteiger partial charge on any atom is -0.363 e. The molecule has 0 saturated heterocycles. The molecule has 0 saturated carbocycles. The van der Waals surface area contributed by atoms with Crippen LogP contribution in [-0.2, 0) is 19.4 Å². The highest BCUT2D eigenvalue weighted by Gasteiger charge is 2.32. The predicted octanol–water partition coefficient (Wildman–Crippen LogP) is 3.48. The zero-order valence-corrected chi connectivity index (χ0v) is 10.7. The van der Waals surface area contributed by atoms with Gasteiger partial charge in [0.05, 0.1) is 0 Å². The summed E-state index contributed by atoms with van der Waals surface area (Å²) in [6, 6.07) is 16.5. The summed E-state index contributed by atoms with van der Waals surface area (Å²) in [7, 11) is 0. The quantitative estimate of drug-likeness (QED) is 0.675. The van der Waals surface area contributed by atoms with Crippen molar-refractivity contribution in [3.05, 3.63) is 64.7 Å². The Bertz CT molecular complexity index is 615. The highest BCUT2D eigenvalue weighted by Crippen LogP contribution is 2.38. The van der Waals surface area contributed by atoms with E-state index in [0.29, 0.717) is 6.04 Å². The number of rotatable bonds is 0. The van der Waals surface area contributed by atoms with Gasteiger partial charge in [-0.2, -0.15) is 0 Å². The van der Waals surface area contributed by atoms with Crippen LogP contribution in [0.5, 0.6) is 0 Å². The third kappa shape index (κ3) is 1.40. The van der Waals surface area contributed by atoms with E-state index in [2.05, 4.69) is 54.3 Å². The minimum atomic E-state index is 0.677. The lowest BCUT2D eigenvalue weighted by Crippen LogP contribution is -2.37. The maximum atomic E-state index is 2.59. The van der Waals surface area contributed by atoms with Crippen LogP contribution in [0.15, 0.2) is 42.5 Å². The van der Waals surface area contributed by atoms with E-state index in [-0.39, 0.29) is 0 Å². The Morgan fingerprint density at radius 1 is 0.944 bits per heavy atom. The van der Waals surface area contributed by atoms with Crippen molar-refractivity contribution in [2.45, 2.75) is 32.4 Å². The Balaban J connectivity index is 1.78. The first kappa shape index (κ1) is 10.2. The van der Waals surface area contributed by atoms with Gasteiger partial charge in [-0.1, -0.05) is 42.0 Å². The minimum absolute atomic E-state index is 0.677. The second kappa shape index (κ2) is 3.61. The summed E-state index contributed by atoms with van der Waals surface area (Å²) in [6.07, 6.45) is 2.41. The molecule has 2 aliphatic heterocycles. The molecule has 90 valence electrons. The fraction of sp³-hybridized carbons (Fsp3) is 0.294. The molecular weight excluding hydrogens is 218 g/mol. The van der Waals surface area contributed by atoms with E-state index in [1.165, 1.54) is 35.2 Å². The van der Waals surface area contributed by atoms with Gasteiger partial charge < -0.3 is 4.90 Å². The molecule has 0 fully saturated rings. The summed E-state index contributed by atoms with van der Waals surface area (Å²) in [5.74, 6) is 0. The number of aryl methyl sites for hydroxylation is 1. The van der Waals surface area contributed by atoms with Crippen LogP contribution in [0.4, 0.5) is 5.69 Å². The summed E-state index contributed by atoms with van der Waals surface area (Å²) >= 11 is 0. The van der Waals surface area contributed by atoms with Crippen molar-refractivity contribution in [1.29, 1.82) is 0 Å². The van der Waals surface area contributed by atoms with Gasteiger partial charge in [0, 0.05) is 18.3 Å². The van der Waals surface area contributed by atoms with Crippen molar-refractivity contribution in [3.8, 4) is 0 Å². The van der Waals surface area contributed by atoms with E-state index in [4.69, 9.17) is 0 Å². The molecule has 1 atom stereocenters. The van der Waals surface area contributed by atoms with Gasteiger partial charge in [0.1, 0.15) is 0 Å². The molecule has 1 heteroatoms. The number of anilines is 1. The number of hydrogen-bond acceptors (Lipinski definition) is 1. The SMILES string of the molecule is Cc1ccc2c(c1)CC1Cc3ccccc3CN21. The van der Waals surface area contributed by atoms with Gasteiger partial charge in [0.25, 0.3) is 0 Å². The van der Waals surface area contributed by atoms with Crippen molar-refractivity contribution in [2.24, 2.45) is 0 Å². The molecule has 0 spiro atoms. The van der Waals surface area contributed by atoms with E-state index < -0.39 is 0 Å². The topological polar surface area (TPSA) is 3.24 Å². The largest absolute Gasteiger partial charge is 0.363 e. The van der Waals surface area contributed by atoms with E-state index >= 15 is 0 Å². The van der Waals surface area contributed by atoms with Crippen molar-refractivity contribution < 1.29 is 0 Å². The van der Waals surface area contributed by atoms with Crippen molar-refractivity contribution in [1.82, 2.24) is 0 Å². The number of benzene rings is 2. The molecule has 0 radical (unpaired) electrons. The number of fused-ring (bicyclic) bond motifs is 4.